The lowest BCUT2D eigenvalue weighted by Gasteiger charge is -2.38. The normalized spacial score (nSPS) is 23.7. The van der Waals surface area contributed by atoms with Crippen LogP contribution in [0.2, 0.25) is 0 Å². The summed E-state index contributed by atoms with van der Waals surface area (Å²) >= 11 is 0. The van der Waals surface area contributed by atoms with Crippen LogP contribution in [0.15, 0.2) is 48.5 Å². The van der Waals surface area contributed by atoms with E-state index in [-0.39, 0.29) is 30.9 Å². The van der Waals surface area contributed by atoms with Crippen LogP contribution in [0.3, 0.4) is 0 Å². The van der Waals surface area contributed by atoms with E-state index in [1.165, 1.54) is 4.90 Å². The van der Waals surface area contributed by atoms with Crippen molar-refractivity contribution < 1.29 is 24.2 Å². The molecule has 1 saturated carbocycles. The quantitative estimate of drug-likeness (QED) is 0.728. The molecule has 1 atom stereocenters. The standard InChI is InChI=1S/C25H26N2O5/c1-15(22(28)27-13-16-10-25(27,11-16)23(29)30)12-26-24(31)32-14-21-19-8-4-2-6-17(19)18-7-3-5-9-20(18)21/h2-9,15-16,21H,10-14H2,1H3,(H,26,31)(H,29,30). The van der Waals surface area contributed by atoms with Gasteiger partial charge in [0.25, 0.3) is 0 Å². The fraction of sp³-hybridized carbons (Fsp3) is 0.400. The highest BCUT2D eigenvalue weighted by Gasteiger charge is 2.63. The number of carboxylic acid groups (broad SMARTS) is 1. The molecule has 0 spiro atoms. The average Bonchev–Trinajstić information content (AvgIpc) is 3.44. The van der Waals surface area contributed by atoms with Gasteiger partial charge >= 0.3 is 12.1 Å². The lowest BCUT2D eigenvalue weighted by molar-refractivity contribution is -0.159. The summed E-state index contributed by atoms with van der Waals surface area (Å²) in [5, 5.41) is 12.2. The minimum atomic E-state index is -1.04. The summed E-state index contributed by atoms with van der Waals surface area (Å²) in [5.74, 6) is -1.44. The number of rotatable bonds is 6. The Balaban J connectivity index is 1.17. The highest BCUT2D eigenvalue weighted by atomic mass is 16.5. The number of nitrogens with zero attached hydrogens (tertiary/aromatic N) is 1. The summed E-state index contributed by atoms with van der Waals surface area (Å²) in [5.41, 5.74) is 3.55. The Hall–Kier alpha value is -3.35. The van der Waals surface area contributed by atoms with Crippen molar-refractivity contribution >= 4 is 18.0 Å². The molecule has 2 saturated heterocycles. The molecule has 6 rings (SSSR count). The van der Waals surface area contributed by atoms with E-state index in [4.69, 9.17) is 4.74 Å². The van der Waals surface area contributed by atoms with Crippen molar-refractivity contribution in [2.45, 2.75) is 31.2 Å². The van der Waals surface area contributed by atoms with Gasteiger partial charge in [0.2, 0.25) is 5.91 Å². The highest BCUT2D eigenvalue weighted by molar-refractivity contribution is 5.90. The fourth-order valence-corrected chi connectivity index (χ4v) is 5.51. The van der Waals surface area contributed by atoms with Crippen LogP contribution in [0.4, 0.5) is 4.79 Å². The zero-order valence-electron chi connectivity index (χ0n) is 17.9. The molecule has 0 radical (unpaired) electrons. The van der Waals surface area contributed by atoms with Gasteiger partial charge in [0, 0.05) is 19.0 Å². The molecule has 2 aliphatic carbocycles. The van der Waals surface area contributed by atoms with E-state index in [0.717, 1.165) is 22.3 Å². The first kappa shape index (κ1) is 20.5. The van der Waals surface area contributed by atoms with Crippen molar-refractivity contribution in [3.05, 3.63) is 59.7 Å². The minimum absolute atomic E-state index is 0.0287. The molecule has 2 aromatic rings. The van der Waals surface area contributed by atoms with Crippen molar-refractivity contribution in [1.82, 2.24) is 10.2 Å². The number of hydrogen-bond acceptors (Lipinski definition) is 4. The van der Waals surface area contributed by atoms with E-state index >= 15 is 0 Å². The third kappa shape index (κ3) is 3.15. The van der Waals surface area contributed by atoms with Crippen LogP contribution in [0.1, 0.15) is 36.8 Å². The van der Waals surface area contributed by atoms with Gasteiger partial charge in [-0.25, -0.2) is 9.59 Å². The summed E-state index contributed by atoms with van der Waals surface area (Å²) in [6, 6.07) is 16.2. The van der Waals surface area contributed by atoms with Crippen molar-refractivity contribution in [1.29, 1.82) is 0 Å². The second kappa shape index (κ2) is 7.65. The van der Waals surface area contributed by atoms with E-state index in [9.17, 15) is 19.5 Å². The number of benzene rings is 2. The van der Waals surface area contributed by atoms with E-state index in [1.807, 2.05) is 24.3 Å². The molecule has 166 valence electrons. The number of ether oxygens (including phenoxy) is 1. The molecular formula is C25H26N2O5. The summed E-state index contributed by atoms with van der Waals surface area (Å²) in [6.45, 7) is 2.50. The van der Waals surface area contributed by atoms with Crippen LogP contribution in [0, 0.1) is 11.8 Å². The first-order valence-electron chi connectivity index (χ1n) is 11.0. The predicted molar refractivity (Wildman–Crippen MR) is 117 cm³/mol. The van der Waals surface area contributed by atoms with E-state index in [1.54, 1.807) is 6.92 Å². The summed E-state index contributed by atoms with van der Waals surface area (Å²) < 4.78 is 5.51. The average molecular weight is 434 g/mol. The molecular weight excluding hydrogens is 408 g/mol. The fourth-order valence-electron chi connectivity index (χ4n) is 5.51. The second-order valence-electron chi connectivity index (χ2n) is 9.17. The van der Waals surface area contributed by atoms with E-state index in [0.29, 0.717) is 19.4 Å². The first-order valence-corrected chi connectivity index (χ1v) is 11.0. The van der Waals surface area contributed by atoms with Gasteiger partial charge in [-0.3, -0.25) is 4.79 Å². The molecule has 2 aromatic carbocycles. The number of carboxylic acids is 1. The SMILES string of the molecule is CC(CNC(=O)OCC1c2ccccc2-c2ccccc21)C(=O)N1CC2CC1(C(=O)O)C2. The maximum absolute atomic E-state index is 12.8. The Morgan fingerprint density at radius 2 is 1.69 bits per heavy atom. The molecule has 0 aromatic heterocycles. The number of carbonyl (C=O) groups is 3. The van der Waals surface area contributed by atoms with Crippen LogP contribution in [-0.2, 0) is 14.3 Å². The predicted octanol–water partition coefficient (Wildman–Crippen LogP) is 3.24. The third-order valence-corrected chi connectivity index (χ3v) is 7.19. The first-order chi connectivity index (χ1) is 15.4. The van der Waals surface area contributed by atoms with Gasteiger partial charge in [-0.1, -0.05) is 55.5 Å². The number of amides is 2. The molecule has 3 fully saturated rings. The zero-order valence-corrected chi connectivity index (χ0v) is 17.9. The molecule has 2 bridgehead atoms. The maximum Gasteiger partial charge on any atom is 0.407 e. The molecule has 1 unspecified atom stereocenters. The Bertz CT molecular complexity index is 1050. The number of carbonyl (C=O) groups excluding carboxylic acids is 2. The van der Waals surface area contributed by atoms with Gasteiger partial charge in [0.05, 0.1) is 5.92 Å². The number of aliphatic carboxylic acids is 1. The molecule has 7 heteroatoms. The van der Waals surface area contributed by atoms with Gasteiger partial charge < -0.3 is 20.1 Å². The van der Waals surface area contributed by atoms with Crippen LogP contribution in [0.5, 0.6) is 0 Å². The van der Waals surface area contributed by atoms with Gasteiger partial charge in [-0.05, 0) is 41.0 Å². The number of nitrogens with one attached hydrogen (secondary N) is 1. The smallest absolute Gasteiger partial charge is 0.407 e. The van der Waals surface area contributed by atoms with Gasteiger partial charge in [-0.2, -0.15) is 0 Å². The topological polar surface area (TPSA) is 95.9 Å². The van der Waals surface area contributed by atoms with E-state index in [2.05, 4.69) is 29.6 Å². The summed E-state index contributed by atoms with van der Waals surface area (Å²) in [7, 11) is 0. The van der Waals surface area contributed by atoms with Crippen molar-refractivity contribution in [2.75, 3.05) is 19.7 Å². The molecule has 7 nitrogen and oxygen atoms in total. The van der Waals surface area contributed by atoms with Crippen molar-refractivity contribution in [2.24, 2.45) is 11.8 Å². The number of hydrogen-bond donors (Lipinski definition) is 2. The Morgan fingerprint density at radius 3 is 2.28 bits per heavy atom. The highest BCUT2D eigenvalue weighted by Crippen LogP contribution is 2.51. The summed E-state index contributed by atoms with van der Waals surface area (Å²) in [6.07, 6.45) is 0.478. The Morgan fingerprint density at radius 1 is 1.09 bits per heavy atom. The minimum Gasteiger partial charge on any atom is -0.479 e. The zero-order chi connectivity index (χ0) is 22.5. The Labute approximate surface area is 186 Å². The van der Waals surface area contributed by atoms with Crippen LogP contribution in [0.25, 0.3) is 11.1 Å². The molecule has 32 heavy (non-hydrogen) atoms. The summed E-state index contributed by atoms with van der Waals surface area (Å²) in [4.78, 5) is 38.3. The molecule has 2 amide bonds. The van der Waals surface area contributed by atoms with Gasteiger partial charge in [0.15, 0.2) is 0 Å². The largest absolute Gasteiger partial charge is 0.479 e. The van der Waals surface area contributed by atoms with Crippen molar-refractivity contribution in [3.8, 4) is 11.1 Å². The maximum atomic E-state index is 12.8. The molecule has 2 aliphatic heterocycles. The lowest BCUT2D eigenvalue weighted by atomic mass is 9.73. The van der Waals surface area contributed by atoms with Crippen molar-refractivity contribution in [3.63, 3.8) is 0 Å². The Kier molecular flexibility index (Phi) is 4.92. The number of alkyl carbamates (subject to hydrolysis) is 1. The molecule has 4 aliphatic rings. The van der Waals surface area contributed by atoms with Gasteiger partial charge in [-0.15, -0.1) is 0 Å². The van der Waals surface area contributed by atoms with Crippen LogP contribution < -0.4 is 5.32 Å². The van der Waals surface area contributed by atoms with Crippen LogP contribution >= 0.6 is 0 Å². The van der Waals surface area contributed by atoms with Crippen LogP contribution in [-0.4, -0.2) is 53.2 Å². The lowest BCUT2D eigenvalue weighted by Crippen LogP contribution is -2.56. The number of fused-ring (bicyclic) bond motifs is 4. The van der Waals surface area contributed by atoms with E-state index < -0.39 is 23.5 Å². The third-order valence-electron chi connectivity index (χ3n) is 7.19. The molecule has 2 N–H and O–H groups in total. The molecule has 2 heterocycles. The second-order valence-corrected chi connectivity index (χ2v) is 9.17. The monoisotopic (exact) mass is 434 g/mol. The van der Waals surface area contributed by atoms with Gasteiger partial charge in [0.1, 0.15) is 12.1 Å².